The highest BCUT2D eigenvalue weighted by atomic mass is 32.2. The minimum atomic E-state index is 0.0219. The predicted octanol–water partition coefficient (Wildman–Crippen LogP) is 0.977. The zero-order chi connectivity index (χ0) is 12.5. The number of nitrogens with zero attached hydrogens (tertiary/aromatic N) is 1. The Morgan fingerprint density at radius 3 is 2.83 bits per heavy atom. The third kappa shape index (κ3) is 2.22. The van der Waals surface area contributed by atoms with E-state index in [0.717, 1.165) is 5.56 Å². The van der Waals surface area contributed by atoms with Crippen LogP contribution in [0.15, 0.2) is 30.3 Å². The number of hydrogen-bond acceptors (Lipinski definition) is 3. The van der Waals surface area contributed by atoms with Crippen LogP contribution in [-0.4, -0.2) is 34.0 Å². The lowest BCUT2D eigenvalue weighted by Crippen LogP contribution is -2.48. The van der Waals surface area contributed by atoms with Crippen LogP contribution in [0, 0.1) is 0 Å². The van der Waals surface area contributed by atoms with Crippen LogP contribution in [0.2, 0.25) is 0 Å². The van der Waals surface area contributed by atoms with Gasteiger partial charge in [-0.15, -0.1) is 11.8 Å². The molecule has 0 bridgehead atoms. The maximum absolute atomic E-state index is 11.9. The molecule has 4 nitrogen and oxygen atoms in total. The summed E-state index contributed by atoms with van der Waals surface area (Å²) in [7, 11) is 0. The number of nitrogens with one attached hydrogen (secondary N) is 1. The Bertz CT molecular complexity index is 477. The number of β-lactam (4-membered cyclic amide) rings is 1. The lowest BCUT2D eigenvalue weighted by molar-refractivity contribution is -0.140. The van der Waals surface area contributed by atoms with E-state index in [-0.39, 0.29) is 17.2 Å². The van der Waals surface area contributed by atoms with Crippen molar-refractivity contribution in [3.05, 3.63) is 35.9 Å². The Hall–Kier alpha value is -1.49. The third-order valence-corrected chi connectivity index (χ3v) is 4.56. The van der Waals surface area contributed by atoms with E-state index in [0.29, 0.717) is 24.8 Å². The highest BCUT2D eigenvalue weighted by Crippen LogP contribution is 2.38. The first-order valence-electron chi connectivity index (χ1n) is 6.00. The van der Waals surface area contributed by atoms with Gasteiger partial charge in [-0.3, -0.25) is 9.59 Å². The quantitative estimate of drug-likeness (QED) is 0.826. The fraction of sp³-hybridized carbons (Fsp3) is 0.385. The number of carbonyl (C=O) groups excluding carboxylic acids is 2. The maximum atomic E-state index is 11.9. The molecule has 0 aliphatic carbocycles. The molecule has 1 N–H and O–H groups in total. The largest absolute Gasteiger partial charge is 0.342 e. The molecule has 0 saturated carbocycles. The SMILES string of the molecule is O=C(Cc1ccccc1)NC1CN2C(=O)C[C@H]2S1. The van der Waals surface area contributed by atoms with Crippen molar-refractivity contribution in [3.8, 4) is 0 Å². The normalized spacial score (nSPS) is 25.6. The predicted molar refractivity (Wildman–Crippen MR) is 69.8 cm³/mol. The molecule has 1 unspecified atom stereocenters. The van der Waals surface area contributed by atoms with Gasteiger partial charge in [-0.25, -0.2) is 0 Å². The van der Waals surface area contributed by atoms with Gasteiger partial charge in [0.25, 0.3) is 0 Å². The van der Waals surface area contributed by atoms with Crippen LogP contribution in [-0.2, 0) is 16.0 Å². The Morgan fingerprint density at radius 1 is 1.39 bits per heavy atom. The van der Waals surface area contributed by atoms with E-state index in [2.05, 4.69) is 5.32 Å². The number of benzene rings is 1. The fourth-order valence-electron chi connectivity index (χ4n) is 2.27. The molecule has 1 aromatic carbocycles. The van der Waals surface area contributed by atoms with Crippen molar-refractivity contribution in [1.82, 2.24) is 10.2 Å². The molecule has 2 atom stereocenters. The van der Waals surface area contributed by atoms with Gasteiger partial charge in [0.05, 0.1) is 30.1 Å². The topological polar surface area (TPSA) is 49.4 Å². The molecule has 2 amide bonds. The second-order valence-electron chi connectivity index (χ2n) is 4.56. The van der Waals surface area contributed by atoms with Gasteiger partial charge in [0, 0.05) is 0 Å². The van der Waals surface area contributed by atoms with E-state index in [9.17, 15) is 9.59 Å². The minimum absolute atomic E-state index is 0.0219. The molecular formula is C13H14N2O2S. The zero-order valence-corrected chi connectivity index (χ0v) is 10.7. The molecule has 18 heavy (non-hydrogen) atoms. The lowest BCUT2D eigenvalue weighted by atomic mass is 10.1. The van der Waals surface area contributed by atoms with Gasteiger partial charge in [0.1, 0.15) is 0 Å². The van der Waals surface area contributed by atoms with Gasteiger partial charge in [-0.2, -0.15) is 0 Å². The Morgan fingerprint density at radius 2 is 2.17 bits per heavy atom. The number of thioether (sulfide) groups is 1. The van der Waals surface area contributed by atoms with Crippen molar-refractivity contribution in [2.45, 2.75) is 23.6 Å². The molecule has 5 heteroatoms. The third-order valence-electron chi connectivity index (χ3n) is 3.23. The van der Waals surface area contributed by atoms with Crippen molar-refractivity contribution in [2.75, 3.05) is 6.54 Å². The number of carbonyl (C=O) groups is 2. The van der Waals surface area contributed by atoms with Crippen LogP contribution >= 0.6 is 11.8 Å². The molecule has 0 spiro atoms. The van der Waals surface area contributed by atoms with Crippen molar-refractivity contribution in [1.29, 1.82) is 0 Å². The van der Waals surface area contributed by atoms with E-state index in [1.807, 2.05) is 35.2 Å². The van der Waals surface area contributed by atoms with Crippen LogP contribution in [0.3, 0.4) is 0 Å². The summed E-state index contributed by atoms with van der Waals surface area (Å²) in [6.45, 7) is 0.648. The van der Waals surface area contributed by atoms with Crippen LogP contribution in [0.25, 0.3) is 0 Å². The summed E-state index contributed by atoms with van der Waals surface area (Å²) < 4.78 is 0. The standard InChI is InChI=1S/C13H14N2O2S/c16-10(6-9-4-2-1-3-5-9)14-11-8-15-12(17)7-13(15)18-11/h1-5,11,13H,6-8H2,(H,14,16)/t11?,13-/m1/s1. The first-order valence-corrected chi connectivity index (χ1v) is 6.95. The van der Waals surface area contributed by atoms with Crippen LogP contribution in [0.1, 0.15) is 12.0 Å². The first kappa shape index (κ1) is 11.6. The average molecular weight is 262 g/mol. The van der Waals surface area contributed by atoms with Crippen molar-refractivity contribution in [3.63, 3.8) is 0 Å². The molecule has 2 heterocycles. The van der Waals surface area contributed by atoms with Crippen LogP contribution in [0.5, 0.6) is 0 Å². The Balaban J connectivity index is 1.52. The van der Waals surface area contributed by atoms with E-state index >= 15 is 0 Å². The molecule has 2 saturated heterocycles. The number of rotatable bonds is 3. The van der Waals surface area contributed by atoms with Gasteiger partial charge < -0.3 is 10.2 Å². The van der Waals surface area contributed by atoms with E-state index in [1.54, 1.807) is 11.8 Å². The van der Waals surface area contributed by atoms with Gasteiger partial charge in [-0.05, 0) is 5.56 Å². The minimum Gasteiger partial charge on any atom is -0.342 e. The van der Waals surface area contributed by atoms with Crippen LogP contribution < -0.4 is 5.32 Å². The fourth-order valence-corrected chi connectivity index (χ4v) is 3.68. The van der Waals surface area contributed by atoms with Crippen molar-refractivity contribution >= 4 is 23.6 Å². The Kier molecular flexibility index (Phi) is 2.99. The number of fused-ring (bicyclic) bond motifs is 1. The van der Waals surface area contributed by atoms with Gasteiger partial charge >= 0.3 is 0 Å². The van der Waals surface area contributed by atoms with E-state index in [4.69, 9.17) is 0 Å². The molecule has 2 aliphatic rings. The highest BCUT2D eigenvalue weighted by molar-refractivity contribution is 8.00. The monoisotopic (exact) mass is 262 g/mol. The molecular weight excluding hydrogens is 248 g/mol. The average Bonchev–Trinajstić information content (AvgIpc) is 2.67. The molecule has 1 aromatic rings. The summed E-state index contributed by atoms with van der Waals surface area (Å²) in [6.07, 6.45) is 1.02. The second-order valence-corrected chi connectivity index (χ2v) is 5.94. The zero-order valence-electron chi connectivity index (χ0n) is 9.83. The maximum Gasteiger partial charge on any atom is 0.226 e. The molecule has 2 aliphatic heterocycles. The summed E-state index contributed by atoms with van der Waals surface area (Å²) >= 11 is 1.68. The molecule has 3 rings (SSSR count). The van der Waals surface area contributed by atoms with E-state index in [1.165, 1.54) is 0 Å². The van der Waals surface area contributed by atoms with Crippen LogP contribution in [0.4, 0.5) is 0 Å². The van der Waals surface area contributed by atoms with Gasteiger partial charge in [0.15, 0.2) is 0 Å². The summed E-state index contributed by atoms with van der Waals surface area (Å²) in [5.74, 6) is 0.223. The summed E-state index contributed by atoms with van der Waals surface area (Å²) in [4.78, 5) is 24.9. The Labute approximate surface area is 110 Å². The van der Waals surface area contributed by atoms with Gasteiger partial charge in [0.2, 0.25) is 11.8 Å². The van der Waals surface area contributed by atoms with Crippen molar-refractivity contribution < 1.29 is 9.59 Å². The second kappa shape index (κ2) is 4.65. The molecule has 2 fully saturated rings. The number of amides is 2. The molecule has 0 radical (unpaired) electrons. The van der Waals surface area contributed by atoms with Gasteiger partial charge in [-0.1, -0.05) is 30.3 Å². The van der Waals surface area contributed by atoms with Crippen molar-refractivity contribution in [2.24, 2.45) is 0 Å². The molecule has 0 aromatic heterocycles. The van der Waals surface area contributed by atoms with E-state index < -0.39 is 0 Å². The first-order chi connectivity index (χ1) is 8.72. The summed E-state index contributed by atoms with van der Waals surface area (Å²) in [5.41, 5.74) is 1.01. The lowest BCUT2D eigenvalue weighted by Gasteiger charge is -2.32. The molecule has 94 valence electrons. The highest BCUT2D eigenvalue weighted by Gasteiger charge is 2.45. The summed E-state index contributed by atoms with van der Waals surface area (Å²) in [6, 6.07) is 9.68. The smallest absolute Gasteiger partial charge is 0.226 e. The number of hydrogen-bond donors (Lipinski definition) is 1. The summed E-state index contributed by atoms with van der Waals surface area (Å²) in [5, 5.41) is 3.32.